The Morgan fingerprint density at radius 1 is 1.36 bits per heavy atom. The zero-order chi connectivity index (χ0) is 16.3. The van der Waals surface area contributed by atoms with Crippen molar-refractivity contribution in [3.63, 3.8) is 0 Å². The standard InChI is InChI=1S/C14H14BrN3O4/c1-3-22-14(21)9-4-6-10(7-5-9)18-13(20)11(15)12(17-18)16-8(2)19/h4-7,11H,3H2,1-2H3,(H,16,17,19). The molecular formula is C14H14BrN3O4. The van der Waals surface area contributed by atoms with E-state index in [4.69, 9.17) is 4.74 Å². The van der Waals surface area contributed by atoms with E-state index in [2.05, 4.69) is 26.3 Å². The van der Waals surface area contributed by atoms with Gasteiger partial charge in [0.1, 0.15) is 0 Å². The third-order valence-electron chi connectivity index (χ3n) is 2.80. The predicted molar refractivity (Wildman–Crippen MR) is 83.9 cm³/mol. The van der Waals surface area contributed by atoms with Gasteiger partial charge in [-0.3, -0.25) is 9.59 Å². The second kappa shape index (κ2) is 6.69. The molecule has 116 valence electrons. The lowest BCUT2D eigenvalue weighted by molar-refractivity contribution is -0.117. The summed E-state index contributed by atoms with van der Waals surface area (Å²) in [5.41, 5.74) is 0.876. The number of hydrogen-bond acceptors (Lipinski definition) is 5. The lowest BCUT2D eigenvalue weighted by atomic mass is 10.2. The van der Waals surface area contributed by atoms with Crippen LogP contribution in [0, 0.1) is 0 Å². The Hall–Kier alpha value is -2.22. The number of hydrazone groups is 1. The molecule has 0 aromatic heterocycles. The van der Waals surface area contributed by atoms with Crippen LogP contribution in [0.5, 0.6) is 0 Å². The summed E-state index contributed by atoms with van der Waals surface area (Å²) in [4.78, 5) is 34.1. The summed E-state index contributed by atoms with van der Waals surface area (Å²) < 4.78 is 4.89. The second-order valence-corrected chi connectivity index (χ2v) is 5.36. The van der Waals surface area contributed by atoms with Crippen LogP contribution in [0.15, 0.2) is 29.4 Å². The molecule has 0 saturated heterocycles. The molecule has 0 radical (unpaired) electrons. The maximum Gasteiger partial charge on any atom is 0.338 e. The van der Waals surface area contributed by atoms with Crippen molar-refractivity contribution in [2.45, 2.75) is 18.7 Å². The minimum absolute atomic E-state index is 0.229. The molecule has 1 N–H and O–H groups in total. The summed E-state index contributed by atoms with van der Waals surface area (Å²) >= 11 is 3.18. The summed E-state index contributed by atoms with van der Waals surface area (Å²) in [7, 11) is 0. The second-order valence-electron chi connectivity index (χ2n) is 4.45. The Morgan fingerprint density at radius 2 is 2.00 bits per heavy atom. The average molecular weight is 368 g/mol. The van der Waals surface area contributed by atoms with Gasteiger partial charge in [0, 0.05) is 6.92 Å². The first-order chi connectivity index (χ1) is 10.4. The molecule has 2 amide bonds. The van der Waals surface area contributed by atoms with E-state index >= 15 is 0 Å². The van der Waals surface area contributed by atoms with Crippen LogP contribution in [0.3, 0.4) is 0 Å². The number of nitrogens with zero attached hydrogens (tertiary/aromatic N) is 2. The monoisotopic (exact) mass is 367 g/mol. The third-order valence-corrected chi connectivity index (χ3v) is 3.63. The number of rotatable bonds is 3. The van der Waals surface area contributed by atoms with E-state index in [0.29, 0.717) is 17.9 Å². The Balaban J connectivity index is 2.21. The molecule has 1 aliphatic heterocycles. The molecule has 1 heterocycles. The van der Waals surface area contributed by atoms with Gasteiger partial charge in [0.2, 0.25) is 5.91 Å². The number of halogens is 1. The van der Waals surface area contributed by atoms with Crippen molar-refractivity contribution in [2.75, 3.05) is 11.6 Å². The molecule has 0 spiro atoms. The van der Waals surface area contributed by atoms with Crippen LogP contribution in [0.1, 0.15) is 24.2 Å². The molecule has 22 heavy (non-hydrogen) atoms. The average Bonchev–Trinajstić information content (AvgIpc) is 2.75. The van der Waals surface area contributed by atoms with Crippen molar-refractivity contribution in [2.24, 2.45) is 5.10 Å². The van der Waals surface area contributed by atoms with Crippen LogP contribution < -0.4 is 10.3 Å². The fourth-order valence-electron chi connectivity index (χ4n) is 1.84. The predicted octanol–water partition coefficient (Wildman–Crippen LogP) is 1.42. The maximum absolute atomic E-state index is 12.1. The van der Waals surface area contributed by atoms with Gasteiger partial charge in [-0.1, -0.05) is 15.9 Å². The number of anilines is 1. The molecule has 1 aliphatic rings. The molecule has 0 aliphatic carbocycles. The summed E-state index contributed by atoms with van der Waals surface area (Å²) in [5, 5.41) is 7.74. The largest absolute Gasteiger partial charge is 0.462 e. The van der Waals surface area contributed by atoms with E-state index in [1.54, 1.807) is 31.2 Å². The minimum atomic E-state index is -0.707. The number of ether oxygens (including phenoxy) is 1. The molecule has 8 heteroatoms. The highest BCUT2D eigenvalue weighted by Gasteiger charge is 2.35. The molecule has 1 aromatic rings. The van der Waals surface area contributed by atoms with Gasteiger partial charge in [0.15, 0.2) is 10.7 Å². The molecule has 0 fully saturated rings. The minimum Gasteiger partial charge on any atom is -0.462 e. The smallest absolute Gasteiger partial charge is 0.338 e. The van der Waals surface area contributed by atoms with Crippen molar-refractivity contribution < 1.29 is 19.1 Å². The van der Waals surface area contributed by atoms with Gasteiger partial charge in [0.25, 0.3) is 5.91 Å². The van der Waals surface area contributed by atoms with Crippen LogP contribution in [-0.4, -0.2) is 35.1 Å². The highest BCUT2D eigenvalue weighted by atomic mass is 79.9. The molecule has 2 rings (SSSR count). The molecule has 0 saturated carbocycles. The highest BCUT2D eigenvalue weighted by molar-refractivity contribution is 9.10. The zero-order valence-corrected chi connectivity index (χ0v) is 13.6. The topological polar surface area (TPSA) is 88.1 Å². The maximum atomic E-state index is 12.1. The number of nitrogens with one attached hydrogen (secondary N) is 1. The van der Waals surface area contributed by atoms with Crippen molar-refractivity contribution in [3.8, 4) is 0 Å². The Morgan fingerprint density at radius 3 is 2.55 bits per heavy atom. The van der Waals surface area contributed by atoms with E-state index in [0.717, 1.165) is 0 Å². The van der Waals surface area contributed by atoms with Gasteiger partial charge in [0.05, 0.1) is 17.9 Å². The number of benzene rings is 1. The molecule has 1 unspecified atom stereocenters. The SMILES string of the molecule is CCOC(=O)c1ccc(N2N=C(NC(C)=O)C(Br)C2=O)cc1. The van der Waals surface area contributed by atoms with Gasteiger partial charge < -0.3 is 10.1 Å². The van der Waals surface area contributed by atoms with Crippen molar-refractivity contribution in [1.82, 2.24) is 5.32 Å². The fourth-order valence-corrected chi connectivity index (χ4v) is 2.24. The number of amidine groups is 1. The third kappa shape index (κ3) is 3.33. The van der Waals surface area contributed by atoms with E-state index in [9.17, 15) is 14.4 Å². The first-order valence-corrected chi connectivity index (χ1v) is 7.47. The number of alkyl halides is 1. The van der Waals surface area contributed by atoms with Crippen LogP contribution in [0.4, 0.5) is 5.69 Å². The summed E-state index contributed by atoms with van der Waals surface area (Å²) in [6, 6.07) is 6.28. The number of amides is 2. The van der Waals surface area contributed by atoms with Gasteiger partial charge in [-0.05, 0) is 31.2 Å². The van der Waals surface area contributed by atoms with Gasteiger partial charge in [-0.15, -0.1) is 5.10 Å². The Bertz CT molecular complexity index is 642. The number of hydrogen-bond donors (Lipinski definition) is 1. The van der Waals surface area contributed by atoms with Crippen LogP contribution in [0.25, 0.3) is 0 Å². The molecule has 1 atom stereocenters. The van der Waals surface area contributed by atoms with Crippen molar-refractivity contribution in [3.05, 3.63) is 29.8 Å². The Labute approximate surface area is 135 Å². The molecule has 7 nitrogen and oxygen atoms in total. The van der Waals surface area contributed by atoms with Crippen LogP contribution in [0.2, 0.25) is 0 Å². The fraction of sp³-hybridized carbons (Fsp3) is 0.286. The lowest BCUT2D eigenvalue weighted by Gasteiger charge is -2.12. The van der Waals surface area contributed by atoms with Crippen LogP contribution >= 0.6 is 15.9 Å². The first-order valence-electron chi connectivity index (χ1n) is 6.55. The van der Waals surface area contributed by atoms with Crippen LogP contribution in [-0.2, 0) is 14.3 Å². The number of esters is 1. The van der Waals surface area contributed by atoms with Gasteiger partial charge in [-0.2, -0.15) is 5.01 Å². The van der Waals surface area contributed by atoms with E-state index < -0.39 is 10.8 Å². The number of carbonyl (C=O) groups excluding carboxylic acids is 3. The zero-order valence-electron chi connectivity index (χ0n) is 12.0. The molecule has 1 aromatic carbocycles. The summed E-state index contributed by atoms with van der Waals surface area (Å²) in [6.45, 7) is 3.36. The van der Waals surface area contributed by atoms with Gasteiger partial charge in [-0.25, -0.2) is 4.79 Å². The van der Waals surface area contributed by atoms with Crippen molar-refractivity contribution in [1.29, 1.82) is 0 Å². The van der Waals surface area contributed by atoms with Gasteiger partial charge >= 0.3 is 5.97 Å². The highest BCUT2D eigenvalue weighted by Crippen LogP contribution is 2.24. The normalized spacial score (nSPS) is 17.2. The summed E-state index contributed by atoms with van der Waals surface area (Å²) in [5.74, 6) is -0.835. The lowest BCUT2D eigenvalue weighted by Crippen LogP contribution is -2.35. The first kappa shape index (κ1) is 16.2. The van der Waals surface area contributed by atoms with Crippen molar-refractivity contribution >= 4 is 45.2 Å². The molecular weight excluding hydrogens is 354 g/mol. The molecule has 0 bridgehead atoms. The van der Waals surface area contributed by atoms with E-state index in [-0.39, 0.29) is 17.6 Å². The summed E-state index contributed by atoms with van der Waals surface area (Å²) in [6.07, 6.45) is 0. The van der Waals surface area contributed by atoms with E-state index in [1.807, 2.05) is 0 Å². The Kier molecular flexibility index (Phi) is 4.92. The van der Waals surface area contributed by atoms with E-state index in [1.165, 1.54) is 11.9 Å². The quantitative estimate of drug-likeness (QED) is 0.646. The number of carbonyl (C=O) groups is 3.